The smallest absolute Gasteiger partial charge is 0.193 e. The van der Waals surface area contributed by atoms with Crippen LogP contribution in [0.25, 0.3) is 0 Å². The third-order valence-electron chi connectivity index (χ3n) is 4.49. The molecule has 0 fully saturated rings. The zero-order valence-corrected chi connectivity index (χ0v) is 17.9. The van der Waals surface area contributed by atoms with Crippen molar-refractivity contribution < 1.29 is 18.9 Å². The van der Waals surface area contributed by atoms with Gasteiger partial charge < -0.3 is 29.2 Å². The van der Waals surface area contributed by atoms with Crippen molar-refractivity contribution in [3.63, 3.8) is 0 Å². The number of hydrogen-bond donors (Lipinski definition) is 1. The normalized spacial score (nSPS) is 11.0. The molecule has 0 aliphatic rings. The number of likely N-dealkylation sites (N-methyl/N-ethyl adjacent to an activating group) is 1. The topological polar surface area (TPSA) is 64.6 Å². The molecular formula is C22H31N3O4. The summed E-state index contributed by atoms with van der Waals surface area (Å²) >= 11 is 0. The minimum atomic E-state index is 0.571. The van der Waals surface area contributed by atoms with Crippen LogP contribution in [0.1, 0.15) is 5.56 Å². The summed E-state index contributed by atoms with van der Waals surface area (Å²) in [6, 6.07) is 13.5. The molecule has 0 aliphatic carbocycles. The molecule has 158 valence electrons. The van der Waals surface area contributed by atoms with Gasteiger partial charge in [0.1, 0.15) is 29.6 Å². The summed E-state index contributed by atoms with van der Waals surface area (Å²) in [5.41, 5.74) is 0.980. The van der Waals surface area contributed by atoms with Crippen LogP contribution in [0, 0.1) is 0 Å². The summed E-state index contributed by atoms with van der Waals surface area (Å²) in [5.74, 6) is 3.84. The number of hydrogen-bond acceptors (Lipinski definition) is 5. The first-order valence-corrected chi connectivity index (χ1v) is 9.51. The molecule has 1 N–H and O–H groups in total. The van der Waals surface area contributed by atoms with Gasteiger partial charge in [0.25, 0.3) is 0 Å². The van der Waals surface area contributed by atoms with Gasteiger partial charge in [0, 0.05) is 38.3 Å². The molecule has 0 saturated heterocycles. The van der Waals surface area contributed by atoms with Crippen molar-refractivity contribution >= 4 is 5.96 Å². The number of methoxy groups -OCH3 is 3. The number of aliphatic imine (C=N–C) groups is 1. The lowest BCUT2D eigenvalue weighted by atomic mass is 10.1. The molecule has 0 unspecified atom stereocenters. The van der Waals surface area contributed by atoms with E-state index in [1.807, 2.05) is 54.4 Å². The van der Waals surface area contributed by atoms with E-state index >= 15 is 0 Å². The molecule has 0 radical (unpaired) electrons. The van der Waals surface area contributed by atoms with Crippen molar-refractivity contribution in [3.05, 3.63) is 48.0 Å². The van der Waals surface area contributed by atoms with Crippen molar-refractivity contribution in [2.75, 3.05) is 55.1 Å². The molecule has 0 heterocycles. The SMILES string of the molecule is CN=C(NCCc1c(OC)cc(OC)cc1OC)N(C)CCOc1ccccc1. The second-order valence-corrected chi connectivity index (χ2v) is 6.32. The number of para-hydroxylation sites is 1. The monoisotopic (exact) mass is 401 g/mol. The highest BCUT2D eigenvalue weighted by atomic mass is 16.5. The Labute approximate surface area is 173 Å². The van der Waals surface area contributed by atoms with Crippen molar-refractivity contribution in [2.24, 2.45) is 4.99 Å². The fourth-order valence-electron chi connectivity index (χ4n) is 2.93. The Morgan fingerprint density at radius 3 is 2.17 bits per heavy atom. The molecule has 29 heavy (non-hydrogen) atoms. The molecule has 0 amide bonds. The third-order valence-corrected chi connectivity index (χ3v) is 4.49. The van der Waals surface area contributed by atoms with Gasteiger partial charge in [-0.1, -0.05) is 18.2 Å². The summed E-state index contributed by atoms with van der Waals surface area (Å²) in [4.78, 5) is 6.38. The van der Waals surface area contributed by atoms with Crippen LogP contribution in [0.5, 0.6) is 23.0 Å². The van der Waals surface area contributed by atoms with Gasteiger partial charge in [-0.15, -0.1) is 0 Å². The van der Waals surface area contributed by atoms with Crippen LogP contribution in [0.3, 0.4) is 0 Å². The number of ether oxygens (including phenoxy) is 4. The predicted octanol–water partition coefficient (Wildman–Crippen LogP) is 2.84. The standard InChI is InChI=1S/C22H31N3O4/c1-23-22(25(2)13-14-29-17-9-7-6-8-10-17)24-12-11-19-20(27-4)15-18(26-3)16-21(19)28-5/h6-10,15-16H,11-14H2,1-5H3,(H,23,24). The second-order valence-electron chi connectivity index (χ2n) is 6.32. The minimum absolute atomic E-state index is 0.571. The van der Waals surface area contributed by atoms with Gasteiger partial charge in [0.2, 0.25) is 0 Å². The highest BCUT2D eigenvalue weighted by Crippen LogP contribution is 2.34. The summed E-state index contributed by atoms with van der Waals surface area (Å²) in [6.07, 6.45) is 0.712. The molecule has 2 aromatic carbocycles. The van der Waals surface area contributed by atoms with E-state index in [0.29, 0.717) is 31.9 Å². The molecule has 0 aliphatic heterocycles. The number of rotatable bonds is 10. The highest BCUT2D eigenvalue weighted by Gasteiger charge is 2.14. The lowest BCUT2D eigenvalue weighted by Gasteiger charge is -2.22. The molecule has 2 rings (SSSR count). The fraction of sp³-hybridized carbons (Fsp3) is 0.409. The van der Waals surface area contributed by atoms with Crippen molar-refractivity contribution in [1.82, 2.24) is 10.2 Å². The van der Waals surface area contributed by atoms with Crippen LogP contribution < -0.4 is 24.3 Å². The van der Waals surface area contributed by atoms with Crippen LogP contribution >= 0.6 is 0 Å². The number of nitrogens with zero attached hydrogens (tertiary/aromatic N) is 2. The Balaban J connectivity index is 1.89. The zero-order chi connectivity index (χ0) is 21.1. The predicted molar refractivity (Wildman–Crippen MR) is 116 cm³/mol. The average molecular weight is 402 g/mol. The van der Waals surface area contributed by atoms with E-state index < -0.39 is 0 Å². The van der Waals surface area contributed by atoms with Gasteiger partial charge in [-0.2, -0.15) is 0 Å². The Kier molecular flexibility index (Phi) is 8.95. The van der Waals surface area contributed by atoms with Crippen LogP contribution in [0.2, 0.25) is 0 Å². The average Bonchev–Trinajstić information content (AvgIpc) is 2.76. The quantitative estimate of drug-likeness (QED) is 0.488. The van der Waals surface area contributed by atoms with Gasteiger partial charge in [-0.3, -0.25) is 4.99 Å². The molecule has 0 aromatic heterocycles. The van der Waals surface area contributed by atoms with Crippen LogP contribution in [-0.2, 0) is 6.42 Å². The summed E-state index contributed by atoms with van der Waals surface area (Å²) in [6.45, 7) is 1.96. The molecule has 0 spiro atoms. The van der Waals surface area contributed by atoms with Gasteiger partial charge in [-0.05, 0) is 18.6 Å². The summed E-state index contributed by atoms with van der Waals surface area (Å²) < 4.78 is 22.1. The Morgan fingerprint density at radius 1 is 0.966 bits per heavy atom. The maximum Gasteiger partial charge on any atom is 0.193 e. The number of benzene rings is 2. The molecule has 0 saturated carbocycles. The Hall–Kier alpha value is -3.09. The van der Waals surface area contributed by atoms with E-state index in [1.54, 1.807) is 28.4 Å². The maximum absolute atomic E-state index is 5.76. The number of nitrogens with one attached hydrogen (secondary N) is 1. The second kappa shape index (κ2) is 11.7. The van der Waals surface area contributed by atoms with E-state index in [-0.39, 0.29) is 0 Å². The van der Waals surface area contributed by atoms with E-state index in [9.17, 15) is 0 Å². The molecule has 7 nitrogen and oxygen atoms in total. The maximum atomic E-state index is 5.76. The zero-order valence-electron chi connectivity index (χ0n) is 17.9. The molecular weight excluding hydrogens is 370 g/mol. The molecule has 2 aromatic rings. The van der Waals surface area contributed by atoms with Gasteiger partial charge in [0.05, 0.1) is 27.9 Å². The summed E-state index contributed by atoms with van der Waals surface area (Å²) in [7, 11) is 8.66. The highest BCUT2D eigenvalue weighted by molar-refractivity contribution is 5.79. The lowest BCUT2D eigenvalue weighted by molar-refractivity contribution is 0.281. The first-order valence-electron chi connectivity index (χ1n) is 9.51. The summed E-state index contributed by atoms with van der Waals surface area (Å²) in [5, 5.41) is 3.38. The largest absolute Gasteiger partial charge is 0.496 e. The van der Waals surface area contributed by atoms with Crippen molar-refractivity contribution in [2.45, 2.75) is 6.42 Å². The number of guanidine groups is 1. The lowest BCUT2D eigenvalue weighted by Crippen LogP contribution is -2.41. The third kappa shape index (κ3) is 6.48. The molecule has 0 bridgehead atoms. The van der Waals surface area contributed by atoms with Gasteiger partial charge in [-0.25, -0.2) is 0 Å². The van der Waals surface area contributed by atoms with E-state index in [1.165, 1.54) is 0 Å². The van der Waals surface area contributed by atoms with Gasteiger partial charge >= 0.3 is 0 Å². The van der Waals surface area contributed by atoms with E-state index in [2.05, 4.69) is 10.3 Å². The van der Waals surface area contributed by atoms with E-state index in [4.69, 9.17) is 18.9 Å². The fourth-order valence-corrected chi connectivity index (χ4v) is 2.93. The minimum Gasteiger partial charge on any atom is -0.496 e. The molecule has 0 atom stereocenters. The van der Waals surface area contributed by atoms with Crippen LogP contribution in [0.4, 0.5) is 0 Å². The first-order chi connectivity index (χ1) is 14.1. The van der Waals surface area contributed by atoms with Crippen LogP contribution in [0.15, 0.2) is 47.5 Å². The van der Waals surface area contributed by atoms with Crippen LogP contribution in [-0.4, -0.2) is 66.0 Å². The van der Waals surface area contributed by atoms with Gasteiger partial charge in [0.15, 0.2) is 5.96 Å². The Bertz CT molecular complexity index is 756. The Morgan fingerprint density at radius 2 is 1.62 bits per heavy atom. The van der Waals surface area contributed by atoms with Crippen molar-refractivity contribution in [1.29, 1.82) is 0 Å². The molecule has 7 heteroatoms. The van der Waals surface area contributed by atoms with E-state index in [0.717, 1.165) is 28.8 Å². The van der Waals surface area contributed by atoms with Crippen molar-refractivity contribution in [3.8, 4) is 23.0 Å². The first kappa shape index (κ1) is 22.2.